The standard InChI is InChI=1S/C22H17F3O7/c1-28-12-4-6-13(7-5-12)30-19-18(26)15-9-8-14(31-21(27)16-3-2-10-29-16)11-17(15)32-20(19)22(23,24)25/h4-9,11,16H,2-3,10H2,1H3/t16-/m0/s1. The van der Waals surface area contributed by atoms with Crippen LogP contribution in [-0.2, 0) is 15.7 Å². The van der Waals surface area contributed by atoms with E-state index in [9.17, 15) is 22.8 Å². The Morgan fingerprint density at radius 2 is 1.75 bits per heavy atom. The summed E-state index contributed by atoms with van der Waals surface area (Å²) in [5, 5.41) is -0.168. The summed E-state index contributed by atoms with van der Waals surface area (Å²) in [6.07, 6.45) is -4.55. The molecule has 1 saturated heterocycles. The zero-order chi connectivity index (χ0) is 22.9. The van der Waals surface area contributed by atoms with Crippen LogP contribution in [0.1, 0.15) is 18.6 Å². The van der Waals surface area contributed by atoms with Gasteiger partial charge >= 0.3 is 12.1 Å². The lowest BCUT2D eigenvalue weighted by Crippen LogP contribution is -2.24. The summed E-state index contributed by atoms with van der Waals surface area (Å²) in [5.41, 5.74) is -1.42. The maximum atomic E-state index is 13.7. The minimum Gasteiger partial charge on any atom is -0.497 e. The van der Waals surface area contributed by atoms with Crippen molar-refractivity contribution in [2.75, 3.05) is 13.7 Å². The molecule has 1 fully saturated rings. The van der Waals surface area contributed by atoms with Crippen LogP contribution in [0.3, 0.4) is 0 Å². The molecule has 0 spiro atoms. The normalized spacial score (nSPS) is 16.2. The van der Waals surface area contributed by atoms with Crippen LogP contribution in [0, 0.1) is 0 Å². The van der Waals surface area contributed by atoms with Crippen LogP contribution in [0.4, 0.5) is 13.2 Å². The fourth-order valence-electron chi connectivity index (χ4n) is 3.21. The Morgan fingerprint density at radius 1 is 1.06 bits per heavy atom. The van der Waals surface area contributed by atoms with Crippen molar-refractivity contribution in [1.29, 1.82) is 0 Å². The van der Waals surface area contributed by atoms with Gasteiger partial charge < -0.3 is 23.4 Å². The van der Waals surface area contributed by atoms with Gasteiger partial charge in [-0.25, -0.2) is 4.79 Å². The summed E-state index contributed by atoms with van der Waals surface area (Å²) in [7, 11) is 1.43. The van der Waals surface area contributed by atoms with Gasteiger partial charge in [0.05, 0.1) is 12.5 Å². The van der Waals surface area contributed by atoms with Gasteiger partial charge in [-0.2, -0.15) is 13.2 Å². The van der Waals surface area contributed by atoms with Crippen molar-refractivity contribution in [3.8, 4) is 23.0 Å². The summed E-state index contributed by atoms with van der Waals surface area (Å²) in [5.74, 6) is -2.89. The van der Waals surface area contributed by atoms with Gasteiger partial charge in [-0.3, -0.25) is 4.79 Å². The number of fused-ring (bicyclic) bond motifs is 1. The molecule has 1 aromatic heterocycles. The summed E-state index contributed by atoms with van der Waals surface area (Å²) in [6.45, 7) is 0.429. The van der Waals surface area contributed by atoms with Gasteiger partial charge in [-0.05, 0) is 49.2 Å². The molecule has 0 aliphatic carbocycles. The maximum absolute atomic E-state index is 13.7. The summed E-state index contributed by atoms with van der Waals surface area (Å²) in [4.78, 5) is 24.9. The van der Waals surface area contributed by atoms with Crippen molar-refractivity contribution in [1.82, 2.24) is 0 Å². The van der Waals surface area contributed by atoms with E-state index in [0.717, 1.165) is 6.07 Å². The van der Waals surface area contributed by atoms with Gasteiger partial charge in [0.15, 0.2) is 6.10 Å². The third-order valence-corrected chi connectivity index (χ3v) is 4.77. The SMILES string of the molecule is COc1ccc(Oc2c(C(F)(F)F)oc3cc(OC(=O)[C@@H]4CCCO4)ccc3c2=O)cc1. The number of esters is 1. The second kappa shape index (κ2) is 8.54. The van der Waals surface area contributed by atoms with Crippen LogP contribution in [0.2, 0.25) is 0 Å². The van der Waals surface area contributed by atoms with E-state index < -0.39 is 40.8 Å². The minimum absolute atomic E-state index is 0.00920. The van der Waals surface area contributed by atoms with Crippen molar-refractivity contribution in [3.63, 3.8) is 0 Å². The number of methoxy groups -OCH3 is 1. The predicted molar refractivity (Wildman–Crippen MR) is 105 cm³/mol. The van der Waals surface area contributed by atoms with Gasteiger partial charge in [0.1, 0.15) is 22.8 Å². The molecule has 0 radical (unpaired) electrons. The number of hydrogen-bond donors (Lipinski definition) is 0. The van der Waals surface area contributed by atoms with Gasteiger partial charge in [-0.15, -0.1) is 0 Å². The minimum atomic E-state index is -5.01. The van der Waals surface area contributed by atoms with Gasteiger partial charge in [0.25, 0.3) is 5.76 Å². The largest absolute Gasteiger partial charge is 0.497 e. The van der Waals surface area contributed by atoms with E-state index in [1.807, 2.05) is 0 Å². The zero-order valence-corrected chi connectivity index (χ0v) is 16.7. The van der Waals surface area contributed by atoms with Crippen molar-refractivity contribution in [2.45, 2.75) is 25.1 Å². The first-order valence-corrected chi connectivity index (χ1v) is 9.59. The Labute approximate surface area is 179 Å². The Kier molecular flexibility index (Phi) is 5.79. The number of halogens is 3. The second-order valence-electron chi connectivity index (χ2n) is 6.95. The van der Waals surface area contributed by atoms with Crippen LogP contribution in [-0.4, -0.2) is 25.8 Å². The highest BCUT2D eigenvalue weighted by molar-refractivity contribution is 5.82. The Bertz CT molecular complexity index is 1190. The van der Waals surface area contributed by atoms with E-state index in [0.29, 0.717) is 25.2 Å². The van der Waals surface area contributed by atoms with Crippen LogP contribution in [0.15, 0.2) is 51.7 Å². The monoisotopic (exact) mass is 450 g/mol. The molecule has 2 aromatic carbocycles. The van der Waals surface area contributed by atoms with Crippen LogP contribution in [0.5, 0.6) is 23.0 Å². The molecule has 3 aromatic rings. The first-order chi connectivity index (χ1) is 15.3. The molecule has 168 valence electrons. The lowest BCUT2D eigenvalue weighted by atomic mass is 10.2. The number of carbonyl (C=O) groups is 1. The molecular formula is C22H17F3O7. The molecular weight excluding hydrogens is 433 g/mol. The fraction of sp³-hybridized carbons (Fsp3) is 0.273. The van der Waals surface area contributed by atoms with E-state index in [1.54, 1.807) is 0 Å². The molecule has 2 heterocycles. The molecule has 7 nitrogen and oxygen atoms in total. The fourth-order valence-corrected chi connectivity index (χ4v) is 3.21. The molecule has 1 aliphatic heterocycles. The van der Waals surface area contributed by atoms with E-state index in [4.69, 9.17) is 23.4 Å². The van der Waals surface area contributed by atoms with Crippen LogP contribution >= 0.6 is 0 Å². The zero-order valence-electron chi connectivity index (χ0n) is 16.7. The third kappa shape index (κ3) is 4.40. The summed E-state index contributed by atoms with van der Waals surface area (Å²) < 4.78 is 66.6. The molecule has 1 atom stereocenters. The predicted octanol–water partition coefficient (Wildman–Crippen LogP) is 4.70. The molecule has 0 saturated carbocycles. The number of benzene rings is 2. The highest BCUT2D eigenvalue weighted by atomic mass is 19.4. The smallest absolute Gasteiger partial charge is 0.453 e. The van der Waals surface area contributed by atoms with Crippen molar-refractivity contribution >= 4 is 16.9 Å². The summed E-state index contributed by atoms with van der Waals surface area (Å²) >= 11 is 0. The Hall–Kier alpha value is -3.53. The molecule has 0 amide bonds. The molecule has 0 bridgehead atoms. The molecule has 10 heteroatoms. The Morgan fingerprint density at radius 3 is 2.38 bits per heavy atom. The number of ether oxygens (including phenoxy) is 4. The highest BCUT2D eigenvalue weighted by Crippen LogP contribution is 2.39. The Balaban J connectivity index is 1.72. The molecule has 0 N–H and O–H groups in total. The van der Waals surface area contributed by atoms with Gasteiger partial charge in [-0.1, -0.05) is 0 Å². The summed E-state index contributed by atoms with van der Waals surface area (Å²) in [6, 6.07) is 9.21. The lowest BCUT2D eigenvalue weighted by molar-refractivity contribution is -0.154. The van der Waals surface area contributed by atoms with Crippen LogP contribution in [0.25, 0.3) is 11.0 Å². The second-order valence-corrected chi connectivity index (χ2v) is 6.95. The van der Waals surface area contributed by atoms with Crippen LogP contribution < -0.4 is 19.6 Å². The molecule has 4 rings (SSSR count). The molecule has 0 unspecified atom stereocenters. The van der Waals surface area contributed by atoms with Gasteiger partial charge in [0, 0.05) is 12.7 Å². The van der Waals surface area contributed by atoms with E-state index in [1.165, 1.54) is 43.5 Å². The highest BCUT2D eigenvalue weighted by Gasteiger charge is 2.40. The molecule has 1 aliphatic rings. The topological polar surface area (TPSA) is 84.2 Å². The van der Waals surface area contributed by atoms with E-state index >= 15 is 0 Å². The lowest BCUT2D eigenvalue weighted by Gasteiger charge is -2.14. The number of carbonyl (C=O) groups excluding carboxylic acids is 1. The average molecular weight is 450 g/mol. The number of rotatable bonds is 5. The average Bonchev–Trinajstić information content (AvgIpc) is 3.30. The van der Waals surface area contributed by atoms with E-state index in [-0.39, 0.29) is 16.9 Å². The van der Waals surface area contributed by atoms with Gasteiger partial charge in [0.2, 0.25) is 11.2 Å². The first-order valence-electron chi connectivity index (χ1n) is 9.59. The maximum Gasteiger partial charge on any atom is 0.453 e. The first kappa shape index (κ1) is 21.7. The van der Waals surface area contributed by atoms with Crippen molar-refractivity contribution in [2.24, 2.45) is 0 Å². The number of hydrogen-bond acceptors (Lipinski definition) is 7. The van der Waals surface area contributed by atoms with Crippen molar-refractivity contribution in [3.05, 3.63) is 58.4 Å². The molecule has 32 heavy (non-hydrogen) atoms. The quantitative estimate of drug-likeness (QED) is 0.412. The van der Waals surface area contributed by atoms with E-state index in [2.05, 4.69) is 0 Å². The number of alkyl halides is 3. The third-order valence-electron chi connectivity index (χ3n) is 4.77. The van der Waals surface area contributed by atoms with Crippen molar-refractivity contribution < 1.29 is 41.3 Å².